The maximum Gasteiger partial charge on any atom is 0.390 e. The maximum absolute atomic E-state index is 12.1. The Bertz CT molecular complexity index is 415. The highest BCUT2D eigenvalue weighted by molar-refractivity contribution is 5.24. The van der Waals surface area contributed by atoms with Crippen LogP contribution in [0.1, 0.15) is 37.5 Å². The summed E-state index contributed by atoms with van der Waals surface area (Å²) in [6.45, 7) is 4.36. The monoisotopic (exact) mass is 303 g/mol. The van der Waals surface area contributed by atoms with E-state index in [1.54, 1.807) is 7.05 Å². The van der Waals surface area contributed by atoms with E-state index in [2.05, 4.69) is 13.8 Å². The summed E-state index contributed by atoms with van der Waals surface area (Å²) < 4.78 is 36.4. The quantitative estimate of drug-likeness (QED) is 0.828. The van der Waals surface area contributed by atoms with E-state index in [0.717, 1.165) is 12.0 Å². The fourth-order valence-electron chi connectivity index (χ4n) is 2.16. The normalized spacial score (nSPS) is 14.0. The van der Waals surface area contributed by atoms with E-state index in [0.29, 0.717) is 5.92 Å². The molecule has 0 spiro atoms. The molecule has 0 aliphatic heterocycles. The van der Waals surface area contributed by atoms with E-state index in [4.69, 9.17) is 0 Å². The highest BCUT2D eigenvalue weighted by Crippen LogP contribution is 2.21. The summed E-state index contributed by atoms with van der Waals surface area (Å²) in [4.78, 5) is 1.50. The molecule has 0 fully saturated rings. The fourth-order valence-corrected chi connectivity index (χ4v) is 2.16. The third-order valence-electron chi connectivity index (χ3n) is 3.27. The molecule has 120 valence electrons. The van der Waals surface area contributed by atoms with Crippen molar-refractivity contribution in [2.75, 3.05) is 20.1 Å². The van der Waals surface area contributed by atoms with Crippen LogP contribution >= 0.6 is 0 Å². The van der Waals surface area contributed by atoms with Crippen LogP contribution in [-0.2, 0) is 6.42 Å². The molecule has 5 heteroatoms. The lowest BCUT2D eigenvalue weighted by atomic mass is 10.00. The van der Waals surface area contributed by atoms with Crippen LogP contribution in [0.3, 0.4) is 0 Å². The van der Waals surface area contributed by atoms with E-state index >= 15 is 0 Å². The lowest BCUT2D eigenvalue weighted by molar-refractivity contribution is -0.137. The lowest BCUT2D eigenvalue weighted by Gasteiger charge is -2.21. The third-order valence-corrected chi connectivity index (χ3v) is 3.27. The Hall–Kier alpha value is -1.07. The van der Waals surface area contributed by atoms with E-state index in [1.165, 1.54) is 10.5 Å². The second-order valence-electron chi connectivity index (χ2n) is 5.98. The van der Waals surface area contributed by atoms with Crippen LogP contribution in [0.5, 0.6) is 0 Å². The van der Waals surface area contributed by atoms with Gasteiger partial charge in [-0.1, -0.05) is 38.1 Å². The summed E-state index contributed by atoms with van der Waals surface area (Å²) in [5.74, 6) is 0.564. The Kier molecular flexibility index (Phi) is 6.68. The Balaban J connectivity index is 2.49. The van der Waals surface area contributed by atoms with Gasteiger partial charge in [-0.25, -0.2) is 0 Å². The van der Waals surface area contributed by atoms with Gasteiger partial charge in [0.05, 0.1) is 12.5 Å². The summed E-state index contributed by atoms with van der Waals surface area (Å²) >= 11 is 0. The highest BCUT2D eigenvalue weighted by atomic mass is 19.4. The van der Waals surface area contributed by atoms with Crippen LogP contribution in [0.4, 0.5) is 13.2 Å². The molecule has 1 aromatic carbocycles. The molecule has 21 heavy (non-hydrogen) atoms. The molecule has 0 heterocycles. The minimum Gasteiger partial charge on any atom is -0.387 e. The van der Waals surface area contributed by atoms with Crippen LogP contribution < -0.4 is 0 Å². The van der Waals surface area contributed by atoms with Gasteiger partial charge in [0.25, 0.3) is 0 Å². The Labute approximate surface area is 124 Å². The highest BCUT2D eigenvalue weighted by Gasteiger charge is 2.27. The van der Waals surface area contributed by atoms with Crippen molar-refractivity contribution in [1.29, 1.82) is 0 Å². The zero-order chi connectivity index (χ0) is 16.0. The first-order valence-electron chi connectivity index (χ1n) is 7.19. The predicted octanol–water partition coefficient (Wildman–Crippen LogP) is 3.80. The number of likely N-dealkylation sites (N-methyl/N-ethyl adjacent to an activating group) is 1. The molecule has 0 saturated carbocycles. The van der Waals surface area contributed by atoms with Crippen LogP contribution in [0.2, 0.25) is 0 Å². The standard InChI is InChI=1S/C16H24F3NO/c1-12(2)10-13-4-6-14(7-5-13)15(21)11-20(3)9-8-16(17,18)19/h4-7,12,15,21H,8-11H2,1-3H3. The van der Waals surface area contributed by atoms with E-state index in [-0.39, 0.29) is 13.1 Å². The van der Waals surface area contributed by atoms with E-state index < -0.39 is 18.7 Å². The average Bonchev–Trinajstić information content (AvgIpc) is 2.35. The fraction of sp³-hybridized carbons (Fsp3) is 0.625. The Morgan fingerprint density at radius 2 is 1.71 bits per heavy atom. The molecule has 0 amide bonds. The van der Waals surface area contributed by atoms with E-state index in [9.17, 15) is 18.3 Å². The molecule has 0 saturated heterocycles. The summed E-state index contributed by atoms with van der Waals surface area (Å²) in [6.07, 6.45) is -4.81. The second kappa shape index (κ2) is 7.80. The maximum atomic E-state index is 12.1. The van der Waals surface area contributed by atoms with Gasteiger partial charge in [0, 0.05) is 13.1 Å². The van der Waals surface area contributed by atoms with Gasteiger partial charge in [0.15, 0.2) is 0 Å². The van der Waals surface area contributed by atoms with Gasteiger partial charge < -0.3 is 10.0 Å². The molecule has 1 aromatic rings. The first-order valence-corrected chi connectivity index (χ1v) is 7.19. The van der Waals surface area contributed by atoms with Gasteiger partial charge in [-0.2, -0.15) is 13.2 Å². The number of halogens is 3. The molecule has 0 bridgehead atoms. The van der Waals surface area contributed by atoms with Crippen molar-refractivity contribution in [2.45, 2.75) is 39.0 Å². The molecule has 1 N–H and O–H groups in total. The average molecular weight is 303 g/mol. The summed E-state index contributed by atoms with van der Waals surface area (Å²) in [5, 5.41) is 10.1. The molecular formula is C16H24F3NO. The Morgan fingerprint density at radius 3 is 2.19 bits per heavy atom. The smallest absolute Gasteiger partial charge is 0.387 e. The van der Waals surface area contributed by atoms with Crippen LogP contribution in [0.25, 0.3) is 0 Å². The molecule has 2 nitrogen and oxygen atoms in total. The van der Waals surface area contributed by atoms with Crippen molar-refractivity contribution in [1.82, 2.24) is 4.90 Å². The minimum absolute atomic E-state index is 0.105. The van der Waals surface area contributed by atoms with Crippen LogP contribution in [0, 0.1) is 5.92 Å². The molecule has 1 atom stereocenters. The number of benzene rings is 1. The third kappa shape index (κ3) is 7.48. The Morgan fingerprint density at radius 1 is 1.14 bits per heavy atom. The van der Waals surface area contributed by atoms with Gasteiger partial charge in [-0.05, 0) is 30.5 Å². The molecule has 0 aliphatic carbocycles. The minimum atomic E-state index is -4.16. The van der Waals surface area contributed by atoms with Gasteiger partial charge in [-0.15, -0.1) is 0 Å². The number of alkyl halides is 3. The van der Waals surface area contributed by atoms with Gasteiger partial charge in [0.1, 0.15) is 0 Å². The van der Waals surface area contributed by atoms with Crippen LogP contribution in [0.15, 0.2) is 24.3 Å². The van der Waals surface area contributed by atoms with Crippen molar-refractivity contribution >= 4 is 0 Å². The number of hydrogen-bond acceptors (Lipinski definition) is 2. The second-order valence-corrected chi connectivity index (χ2v) is 5.98. The van der Waals surface area contributed by atoms with Crippen molar-refractivity contribution in [3.8, 4) is 0 Å². The molecule has 0 aromatic heterocycles. The van der Waals surface area contributed by atoms with Gasteiger partial charge in [0.2, 0.25) is 0 Å². The van der Waals surface area contributed by atoms with Gasteiger partial charge in [-0.3, -0.25) is 0 Å². The number of hydrogen-bond donors (Lipinski definition) is 1. The van der Waals surface area contributed by atoms with Crippen molar-refractivity contribution < 1.29 is 18.3 Å². The zero-order valence-electron chi connectivity index (χ0n) is 12.8. The van der Waals surface area contributed by atoms with Crippen LogP contribution in [-0.4, -0.2) is 36.3 Å². The zero-order valence-corrected chi connectivity index (χ0v) is 12.8. The molecule has 0 radical (unpaired) electrons. The van der Waals surface area contributed by atoms with Crippen molar-refractivity contribution in [2.24, 2.45) is 5.92 Å². The molecule has 1 rings (SSSR count). The predicted molar refractivity (Wildman–Crippen MR) is 78.1 cm³/mol. The first-order chi connectivity index (χ1) is 9.67. The SMILES string of the molecule is CC(C)Cc1ccc(C(O)CN(C)CCC(F)(F)F)cc1. The lowest BCUT2D eigenvalue weighted by Crippen LogP contribution is -2.28. The summed E-state index contributed by atoms with van der Waals surface area (Å²) in [6, 6.07) is 7.63. The first kappa shape index (κ1) is 18.0. The van der Waals surface area contributed by atoms with Crippen molar-refractivity contribution in [3.63, 3.8) is 0 Å². The van der Waals surface area contributed by atoms with Crippen molar-refractivity contribution in [3.05, 3.63) is 35.4 Å². The van der Waals surface area contributed by atoms with Gasteiger partial charge >= 0.3 is 6.18 Å². The topological polar surface area (TPSA) is 23.5 Å². The largest absolute Gasteiger partial charge is 0.390 e. The summed E-state index contributed by atoms with van der Waals surface area (Å²) in [7, 11) is 1.59. The number of aliphatic hydroxyl groups is 1. The molecule has 1 unspecified atom stereocenters. The number of nitrogens with zero attached hydrogens (tertiary/aromatic N) is 1. The molecular weight excluding hydrogens is 279 g/mol. The van der Waals surface area contributed by atoms with E-state index in [1.807, 2.05) is 24.3 Å². The summed E-state index contributed by atoms with van der Waals surface area (Å²) in [5.41, 5.74) is 1.94. The number of aliphatic hydroxyl groups excluding tert-OH is 1. The number of rotatable bonds is 7. The molecule has 0 aliphatic rings.